The van der Waals surface area contributed by atoms with Gasteiger partial charge in [0.1, 0.15) is 0 Å². The molecule has 6 nitrogen and oxygen atoms in total. The van der Waals surface area contributed by atoms with E-state index < -0.39 is 0 Å². The van der Waals surface area contributed by atoms with E-state index in [0.29, 0.717) is 16.7 Å². The first-order chi connectivity index (χ1) is 13.0. The van der Waals surface area contributed by atoms with Gasteiger partial charge in [-0.25, -0.2) is 9.97 Å². The number of aryl methyl sites for hydroxylation is 1. The predicted octanol–water partition coefficient (Wildman–Crippen LogP) is 3.21. The first kappa shape index (κ1) is 18.3. The molecule has 0 bridgehead atoms. The van der Waals surface area contributed by atoms with Crippen molar-refractivity contribution in [1.82, 2.24) is 14.9 Å². The van der Waals surface area contributed by atoms with Crippen LogP contribution in [0.5, 0.6) is 11.5 Å². The molecule has 1 aliphatic carbocycles. The fourth-order valence-corrected chi connectivity index (χ4v) is 4.91. The Kier molecular flexibility index (Phi) is 4.86. The fourth-order valence-electron chi connectivity index (χ4n) is 4.68. The number of methoxy groups -OCH3 is 2. The van der Waals surface area contributed by atoms with Crippen LogP contribution in [0.4, 0.5) is 5.95 Å². The summed E-state index contributed by atoms with van der Waals surface area (Å²) in [5.41, 5.74) is 9.39. The molecule has 2 aromatic rings. The highest BCUT2D eigenvalue weighted by Gasteiger charge is 2.43. The third kappa shape index (κ3) is 3.32. The molecule has 4 rings (SSSR count). The highest BCUT2D eigenvalue weighted by molar-refractivity contribution is 6.30. The highest BCUT2D eigenvalue weighted by atomic mass is 35.5. The van der Waals surface area contributed by atoms with E-state index in [4.69, 9.17) is 26.8 Å². The molecule has 0 radical (unpaired) electrons. The lowest BCUT2D eigenvalue weighted by atomic mass is 9.77. The van der Waals surface area contributed by atoms with Crippen molar-refractivity contribution in [2.45, 2.75) is 37.6 Å². The molecule has 1 fully saturated rings. The van der Waals surface area contributed by atoms with Crippen LogP contribution in [-0.4, -0.2) is 42.2 Å². The predicted molar refractivity (Wildman–Crippen MR) is 106 cm³/mol. The maximum Gasteiger partial charge on any atom is 0.220 e. The van der Waals surface area contributed by atoms with Crippen molar-refractivity contribution in [2.24, 2.45) is 0 Å². The van der Waals surface area contributed by atoms with Gasteiger partial charge in [0.05, 0.1) is 19.9 Å². The summed E-state index contributed by atoms with van der Waals surface area (Å²) < 4.78 is 11.0. The van der Waals surface area contributed by atoms with Crippen molar-refractivity contribution in [1.29, 1.82) is 0 Å². The Morgan fingerprint density at radius 3 is 2.89 bits per heavy atom. The lowest BCUT2D eigenvalue weighted by molar-refractivity contribution is 0.135. The van der Waals surface area contributed by atoms with Crippen LogP contribution in [-0.2, 0) is 18.4 Å². The van der Waals surface area contributed by atoms with Gasteiger partial charge in [-0.1, -0.05) is 11.6 Å². The molecule has 0 saturated carbocycles. The van der Waals surface area contributed by atoms with Gasteiger partial charge in [-0.15, -0.1) is 0 Å². The van der Waals surface area contributed by atoms with Gasteiger partial charge in [0.15, 0.2) is 11.5 Å². The minimum Gasteiger partial charge on any atom is -0.493 e. The summed E-state index contributed by atoms with van der Waals surface area (Å²) in [6.45, 7) is 2.75. The Balaban J connectivity index is 1.61. The third-order valence-electron chi connectivity index (χ3n) is 5.83. The zero-order valence-corrected chi connectivity index (χ0v) is 16.6. The van der Waals surface area contributed by atoms with E-state index in [9.17, 15) is 0 Å². The van der Waals surface area contributed by atoms with Crippen molar-refractivity contribution in [3.05, 3.63) is 40.2 Å². The second kappa shape index (κ2) is 7.17. The molecule has 1 saturated heterocycles. The van der Waals surface area contributed by atoms with Gasteiger partial charge in [-0.2, -0.15) is 0 Å². The van der Waals surface area contributed by atoms with Crippen LogP contribution in [0.15, 0.2) is 18.3 Å². The SMILES string of the molecule is COc1cc(Cl)cc(CN2CCCC3(CCc4cnc(N)nc43)C2)c1OC. The highest BCUT2D eigenvalue weighted by Crippen LogP contribution is 2.45. The van der Waals surface area contributed by atoms with E-state index in [1.807, 2.05) is 12.3 Å². The van der Waals surface area contributed by atoms with Crippen molar-refractivity contribution in [2.75, 3.05) is 33.0 Å². The number of fused-ring (bicyclic) bond motifs is 2. The number of piperidine rings is 1. The number of ether oxygens (including phenoxy) is 2. The monoisotopic (exact) mass is 388 g/mol. The summed E-state index contributed by atoms with van der Waals surface area (Å²) >= 11 is 6.30. The third-order valence-corrected chi connectivity index (χ3v) is 6.05. The number of benzene rings is 1. The van der Waals surface area contributed by atoms with E-state index in [0.717, 1.165) is 62.3 Å². The van der Waals surface area contributed by atoms with E-state index in [1.165, 1.54) is 5.56 Å². The number of aromatic nitrogens is 2. The molecule has 0 amide bonds. The zero-order valence-electron chi connectivity index (χ0n) is 15.8. The summed E-state index contributed by atoms with van der Waals surface area (Å²) in [4.78, 5) is 11.3. The molecule has 1 aliphatic heterocycles. The first-order valence-electron chi connectivity index (χ1n) is 9.29. The number of halogens is 1. The maximum absolute atomic E-state index is 6.30. The molecule has 7 heteroatoms. The number of nitrogens with zero attached hydrogens (tertiary/aromatic N) is 3. The fraction of sp³-hybridized carbons (Fsp3) is 0.500. The number of nitrogens with two attached hydrogens (primary N) is 1. The van der Waals surface area contributed by atoms with Crippen molar-refractivity contribution in [3.63, 3.8) is 0 Å². The quantitative estimate of drug-likeness (QED) is 0.866. The second-order valence-electron chi connectivity index (χ2n) is 7.50. The van der Waals surface area contributed by atoms with Crippen LogP contribution >= 0.6 is 11.6 Å². The maximum atomic E-state index is 6.30. The average molecular weight is 389 g/mol. The van der Waals surface area contributed by atoms with Gasteiger partial charge >= 0.3 is 0 Å². The van der Waals surface area contributed by atoms with Crippen LogP contribution in [0.3, 0.4) is 0 Å². The minimum atomic E-state index is 0.0700. The summed E-state index contributed by atoms with van der Waals surface area (Å²) in [7, 11) is 3.30. The van der Waals surface area contributed by atoms with Crippen molar-refractivity contribution >= 4 is 17.5 Å². The molecule has 1 spiro atoms. The number of anilines is 1. The van der Waals surface area contributed by atoms with E-state index in [1.54, 1.807) is 20.3 Å². The van der Waals surface area contributed by atoms with Gasteiger partial charge in [0, 0.05) is 41.4 Å². The van der Waals surface area contributed by atoms with Crippen molar-refractivity contribution < 1.29 is 9.47 Å². The number of hydrogen-bond donors (Lipinski definition) is 1. The second-order valence-corrected chi connectivity index (χ2v) is 7.93. The number of nitrogen functional groups attached to an aromatic ring is 1. The molecular weight excluding hydrogens is 364 g/mol. The summed E-state index contributed by atoms with van der Waals surface area (Å²) in [5.74, 6) is 1.78. The number of rotatable bonds is 4. The van der Waals surface area contributed by atoms with Crippen LogP contribution in [0.2, 0.25) is 5.02 Å². The Labute approximate surface area is 164 Å². The Bertz CT molecular complexity index is 856. The zero-order chi connectivity index (χ0) is 19.0. The average Bonchev–Trinajstić information content (AvgIpc) is 2.98. The molecule has 1 aromatic heterocycles. The Morgan fingerprint density at radius 1 is 1.26 bits per heavy atom. The lowest BCUT2D eigenvalue weighted by Gasteiger charge is -2.40. The van der Waals surface area contributed by atoms with Gasteiger partial charge in [-0.3, -0.25) is 4.90 Å². The number of hydrogen-bond acceptors (Lipinski definition) is 6. The van der Waals surface area contributed by atoms with E-state index in [2.05, 4.69) is 14.9 Å². The lowest BCUT2D eigenvalue weighted by Crippen LogP contribution is -2.45. The van der Waals surface area contributed by atoms with E-state index >= 15 is 0 Å². The van der Waals surface area contributed by atoms with Crippen LogP contribution in [0, 0.1) is 0 Å². The summed E-state index contributed by atoms with van der Waals surface area (Å²) in [6.07, 6.45) is 6.30. The normalized spacial score (nSPS) is 22.0. The van der Waals surface area contributed by atoms with Gasteiger partial charge in [0.25, 0.3) is 0 Å². The number of likely N-dealkylation sites (tertiary alicyclic amines) is 1. The Morgan fingerprint density at radius 2 is 2.11 bits per heavy atom. The molecule has 2 N–H and O–H groups in total. The van der Waals surface area contributed by atoms with Crippen LogP contribution in [0.25, 0.3) is 0 Å². The first-order valence-corrected chi connectivity index (χ1v) is 9.67. The molecule has 27 heavy (non-hydrogen) atoms. The smallest absolute Gasteiger partial charge is 0.220 e. The molecule has 144 valence electrons. The van der Waals surface area contributed by atoms with Crippen molar-refractivity contribution in [3.8, 4) is 11.5 Å². The molecule has 2 heterocycles. The summed E-state index contributed by atoms with van der Waals surface area (Å²) in [5, 5.41) is 0.654. The molecular formula is C20H25ClN4O2. The van der Waals surface area contributed by atoms with Gasteiger partial charge in [0.2, 0.25) is 5.95 Å². The van der Waals surface area contributed by atoms with Crippen LogP contribution in [0.1, 0.15) is 36.1 Å². The summed E-state index contributed by atoms with van der Waals surface area (Å²) in [6, 6.07) is 3.75. The topological polar surface area (TPSA) is 73.5 Å². The molecule has 1 aromatic carbocycles. The molecule has 1 unspecified atom stereocenters. The molecule has 1 atom stereocenters. The molecule has 2 aliphatic rings. The van der Waals surface area contributed by atoms with Gasteiger partial charge in [-0.05, 0) is 43.9 Å². The van der Waals surface area contributed by atoms with Gasteiger partial charge < -0.3 is 15.2 Å². The standard InChI is InChI=1S/C20H25ClN4O2/c1-26-16-9-15(21)8-14(17(16)27-2)11-25-7-3-5-20(12-25)6-4-13-10-23-19(22)24-18(13)20/h8-10H,3-7,11-12H2,1-2H3,(H2,22,23,24). The van der Waals surface area contributed by atoms with E-state index in [-0.39, 0.29) is 5.41 Å². The van der Waals surface area contributed by atoms with Crippen LogP contribution < -0.4 is 15.2 Å². The largest absolute Gasteiger partial charge is 0.493 e. The Hall–Kier alpha value is -2.05. The minimum absolute atomic E-state index is 0.0700.